The fourth-order valence-electron chi connectivity index (χ4n) is 3.09. The van der Waals surface area contributed by atoms with Gasteiger partial charge in [-0.2, -0.15) is 11.8 Å². The number of rotatable bonds is 3. The van der Waals surface area contributed by atoms with E-state index in [-0.39, 0.29) is 23.6 Å². The van der Waals surface area contributed by atoms with E-state index in [1.165, 1.54) is 6.07 Å². The molecule has 0 saturated carbocycles. The van der Waals surface area contributed by atoms with Crippen LogP contribution in [0.4, 0.5) is 4.39 Å². The van der Waals surface area contributed by atoms with Crippen LogP contribution in [0.15, 0.2) is 18.2 Å². The Morgan fingerprint density at radius 3 is 3.05 bits per heavy atom. The van der Waals surface area contributed by atoms with Crippen LogP contribution in [-0.2, 0) is 4.74 Å². The summed E-state index contributed by atoms with van der Waals surface area (Å²) in [5, 5.41) is 0. The second-order valence-electron chi connectivity index (χ2n) is 6.04. The van der Waals surface area contributed by atoms with Crippen LogP contribution >= 0.6 is 11.8 Å². The van der Waals surface area contributed by atoms with Gasteiger partial charge in [0, 0.05) is 36.3 Å². The molecular formula is C16H22FNO2S. The number of ether oxygens (including phenoxy) is 2. The molecule has 2 heterocycles. The predicted molar refractivity (Wildman–Crippen MR) is 83.3 cm³/mol. The highest BCUT2D eigenvalue weighted by Crippen LogP contribution is 2.39. The van der Waals surface area contributed by atoms with Crippen molar-refractivity contribution < 1.29 is 13.9 Å². The normalized spacial score (nSPS) is 30.5. The molecule has 3 nitrogen and oxygen atoms in total. The number of thioether (sulfide) groups is 1. The number of nitrogens with two attached hydrogens (primary N) is 1. The van der Waals surface area contributed by atoms with E-state index in [2.05, 4.69) is 0 Å². The van der Waals surface area contributed by atoms with Gasteiger partial charge in [-0.25, -0.2) is 4.39 Å². The third-order valence-electron chi connectivity index (χ3n) is 4.28. The number of hydrogen-bond donors (Lipinski definition) is 1. The largest absolute Gasteiger partial charge is 0.490 e. The Bertz CT molecular complexity index is 503. The van der Waals surface area contributed by atoms with E-state index < -0.39 is 0 Å². The van der Waals surface area contributed by atoms with E-state index in [1.54, 1.807) is 13.0 Å². The summed E-state index contributed by atoms with van der Waals surface area (Å²) in [4.78, 5) is 0. The number of hydrogen-bond acceptors (Lipinski definition) is 4. The topological polar surface area (TPSA) is 44.5 Å². The van der Waals surface area contributed by atoms with Crippen molar-refractivity contribution in [2.45, 2.75) is 43.9 Å². The Hall–Kier alpha value is -0.780. The highest BCUT2D eigenvalue weighted by atomic mass is 32.2. The Labute approximate surface area is 129 Å². The lowest BCUT2D eigenvalue weighted by molar-refractivity contribution is -0.0959. The lowest BCUT2D eigenvalue weighted by Crippen LogP contribution is -2.43. The summed E-state index contributed by atoms with van der Waals surface area (Å²) in [6.07, 6.45) is 2.97. The summed E-state index contributed by atoms with van der Waals surface area (Å²) >= 11 is 1.94. The molecule has 2 aliphatic heterocycles. The van der Waals surface area contributed by atoms with E-state index in [1.807, 2.05) is 17.8 Å². The molecule has 3 atom stereocenters. The monoisotopic (exact) mass is 311 g/mol. The maximum atomic E-state index is 14.0. The first-order valence-electron chi connectivity index (χ1n) is 7.51. The van der Waals surface area contributed by atoms with Crippen molar-refractivity contribution in [2.75, 3.05) is 18.1 Å². The van der Waals surface area contributed by atoms with Crippen LogP contribution in [0.25, 0.3) is 0 Å². The van der Waals surface area contributed by atoms with Crippen molar-refractivity contribution in [2.24, 2.45) is 5.73 Å². The smallest absolute Gasteiger partial charge is 0.131 e. The molecule has 0 amide bonds. The van der Waals surface area contributed by atoms with Gasteiger partial charge in [-0.15, -0.1) is 0 Å². The van der Waals surface area contributed by atoms with Crippen LogP contribution in [0.5, 0.6) is 5.75 Å². The summed E-state index contributed by atoms with van der Waals surface area (Å²) in [5.41, 5.74) is 6.24. The molecule has 21 heavy (non-hydrogen) atoms. The molecule has 0 bridgehead atoms. The third-order valence-corrected chi connectivity index (χ3v) is 5.50. The highest BCUT2D eigenvalue weighted by molar-refractivity contribution is 7.99. The second kappa shape index (κ2) is 6.15. The standard InChI is InChI=1S/C16H22FNO2S/c1-11(18)14-3-2-12(8-15(14)17)20-13-4-6-19-16(9-13)5-7-21-10-16/h2-3,8,11,13H,4-7,9-10,18H2,1H3/t11-,13?,16?/m1/s1. The molecule has 116 valence electrons. The van der Waals surface area contributed by atoms with Gasteiger partial charge in [0.05, 0.1) is 12.2 Å². The molecule has 2 N–H and O–H groups in total. The second-order valence-corrected chi connectivity index (χ2v) is 7.14. The minimum absolute atomic E-state index is 0.0160. The summed E-state index contributed by atoms with van der Waals surface area (Å²) in [5.74, 6) is 2.50. The van der Waals surface area contributed by atoms with Crippen LogP contribution in [0.1, 0.15) is 37.8 Å². The van der Waals surface area contributed by atoms with Crippen molar-refractivity contribution >= 4 is 11.8 Å². The van der Waals surface area contributed by atoms with Crippen molar-refractivity contribution in [3.05, 3.63) is 29.6 Å². The molecule has 1 aromatic rings. The van der Waals surface area contributed by atoms with Gasteiger partial charge in [0.25, 0.3) is 0 Å². The SMILES string of the molecule is C[C@@H](N)c1ccc(OC2CCOC3(CCSC3)C2)cc1F. The lowest BCUT2D eigenvalue weighted by Gasteiger charge is -2.37. The van der Waals surface area contributed by atoms with Crippen LogP contribution in [-0.4, -0.2) is 29.8 Å². The van der Waals surface area contributed by atoms with E-state index in [9.17, 15) is 4.39 Å². The summed E-state index contributed by atoms with van der Waals surface area (Å²) in [7, 11) is 0. The van der Waals surface area contributed by atoms with Gasteiger partial charge in [0.15, 0.2) is 0 Å². The molecular weight excluding hydrogens is 289 g/mol. The van der Waals surface area contributed by atoms with Crippen LogP contribution in [0, 0.1) is 5.82 Å². The zero-order valence-electron chi connectivity index (χ0n) is 12.3. The maximum Gasteiger partial charge on any atom is 0.131 e. The van der Waals surface area contributed by atoms with E-state index in [0.717, 1.165) is 37.4 Å². The highest BCUT2D eigenvalue weighted by Gasteiger charge is 2.41. The average molecular weight is 311 g/mol. The lowest BCUT2D eigenvalue weighted by atomic mass is 9.91. The molecule has 2 unspecified atom stereocenters. The summed E-state index contributed by atoms with van der Waals surface area (Å²) < 4.78 is 25.9. The fourth-order valence-corrected chi connectivity index (χ4v) is 4.47. The number of benzene rings is 1. The minimum Gasteiger partial charge on any atom is -0.490 e. The molecule has 0 aromatic heterocycles. The molecule has 1 aromatic carbocycles. The van der Waals surface area contributed by atoms with Gasteiger partial charge in [-0.3, -0.25) is 0 Å². The molecule has 2 aliphatic rings. The molecule has 3 rings (SSSR count). The molecule has 0 aliphatic carbocycles. The molecule has 1 spiro atoms. The quantitative estimate of drug-likeness (QED) is 0.930. The maximum absolute atomic E-state index is 14.0. The Kier molecular flexibility index (Phi) is 4.43. The Morgan fingerprint density at radius 1 is 1.52 bits per heavy atom. The van der Waals surface area contributed by atoms with Crippen LogP contribution < -0.4 is 10.5 Å². The summed E-state index contributed by atoms with van der Waals surface area (Å²) in [6.45, 7) is 2.50. The van der Waals surface area contributed by atoms with E-state index in [0.29, 0.717) is 11.3 Å². The van der Waals surface area contributed by atoms with Crippen LogP contribution in [0.3, 0.4) is 0 Å². The van der Waals surface area contributed by atoms with Crippen LogP contribution in [0.2, 0.25) is 0 Å². The van der Waals surface area contributed by atoms with Gasteiger partial charge in [-0.1, -0.05) is 6.07 Å². The van der Waals surface area contributed by atoms with Gasteiger partial charge in [0.2, 0.25) is 0 Å². The summed E-state index contributed by atoms with van der Waals surface area (Å²) in [6, 6.07) is 4.67. The molecule has 2 fully saturated rings. The third kappa shape index (κ3) is 3.35. The first-order chi connectivity index (χ1) is 10.1. The predicted octanol–water partition coefficient (Wildman–Crippen LogP) is 3.28. The van der Waals surface area contributed by atoms with Gasteiger partial charge in [0.1, 0.15) is 17.7 Å². The van der Waals surface area contributed by atoms with Crippen molar-refractivity contribution in [3.63, 3.8) is 0 Å². The van der Waals surface area contributed by atoms with Crippen molar-refractivity contribution in [1.29, 1.82) is 0 Å². The van der Waals surface area contributed by atoms with E-state index >= 15 is 0 Å². The van der Waals surface area contributed by atoms with Gasteiger partial charge >= 0.3 is 0 Å². The fraction of sp³-hybridized carbons (Fsp3) is 0.625. The van der Waals surface area contributed by atoms with Gasteiger partial charge < -0.3 is 15.2 Å². The van der Waals surface area contributed by atoms with E-state index in [4.69, 9.17) is 15.2 Å². The Balaban J connectivity index is 1.67. The number of halogens is 1. The van der Waals surface area contributed by atoms with Crippen molar-refractivity contribution in [1.82, 2.24) is 0 Å². The zero-order chi connectivity index (χ0) is 14.9. The molecule has 0 radical (unpaired) electrons. The molecule has 2 saturated heterocycles. The first-order valence-corrected chi connectivity index (χ1v) is 8.67. The molecule has 5 heteroatoms. The zero-order valence-corrected chi connectivity index (χ0v) is 13.1. The van der Waals surface area contributed by atoms with Crippen molar-refractivity contribution in [3.8, 4) is 5.75 Å². The minimum atomic E-state index is -0.305. The van der Waals surface area contributed by atoms with Gasteiger partial charge in [-0.05, 0) is 25.2 Å². The Morgan fingerprint density at radius 2 is 2.38 bits per heavy atom. The first kappa shape index (κ1) is 15.1. The average Bonchev–Trinajstić information content (AvgIpc) is 2.86.